The van der Waals surface area contributed by atoms with E-state index in [0.717, 1.165) is 32.2 Å². The number of methoxy groups -OCH3 is 1. The van der Waals surface area contributed by atoms with Gasteiger partial charge in [0.15, 0.2) is 9.84 Å². The van der Waals surface area contributed by atoms with Crippen molar-refractivity contribution in [1.29, 1.82) is 0 Å². The van der Waals surface area contributed by atoms with Crippen molar-refractivity contribution in [3.63, 3.8) is 0 Å². The lowest BCUT2D eigenvalue weighted by Gasteiger charge is -2.23. The van der Waals surface area contributed by atoms with Gasteiger partial charge in [0.25, 0.3) is 5.91 Å². The van der Waals surface area contributed by atoms with Crippen LogP contribution in [0.5, 0.6) is 5.75 Å². The van der Waals surface area contributed by atoms with Crippen molar-refractivity contribution in [3.8, 4) is 5.75 Å². The average molecular weight is 355 g/mol. The zero-order chi connectivity index (χ0) is 17.9. The van der Waals surface area contributed by atoms with Crippen molar-refractivity contribution in [2.45, 2.75) is 30.7 Å². The molecule has 1 unspecified atom stereocenters. The molecule has 1 saturated heterocycles. The molecule has 8 heteroatoms. The van der Waals surface area contributed by atoms with E-state index in [1.807, 2.05) is 0 Å². The number of benzene rings is 1. The minimum atomic E-state index is -3.53. The van der Waals surface area contributed by atoms with Gasteiger partial charge in [0.1, 0.15) is 5.75 Å². The fourth-order valence-corrected chi connectivity index (χ4v) is 3.91. The fraction of sp³-hybridized carbons (Fsp3) is 0.562. The zero-order valence-electron chi connectivity index (χ0n) is 14.3. The van der Waals surface area contributed by atoms with Crippen LogP contribution in [0, 0.1) is 0 Å². The van der Waals surface area contributed by atoms with Gasteiger partial charge in [-0.15, -0.1) is 0 Å². The number of nitrogen functional groups attached to an aromatic ring is 1. The van der Waals surface area contributed by atoms with Gasteiger partial charge < -0.3 is 15.8 Å². The molecule has 0 aromatic heterocycles. The molecule has 1 amide bonds. The Balaban J connectivity index is 2.21. The Hall–Kier alpha value is -1.80. The smallest absolute Gasteiger partial charge is 0.255 e. The molecule has 0 aliphatic carbocycles. The number of sulfone groups is 1. The summed E-state index contributed by atoms with van der Waals surface area (Å²) in [6, 6.07) is 2.97. The number of likely N-dealkylation sites (tertiary alicyclic amines) is 1. The molecular weight excluding hydrogens is 330 g/mol. The lowest BCUT2D eigenvalue weighted by atomic mass is 10.1. The molecule has 1 fully saturated rings. The van der Waals surface area contributed by atoms with Crippen molar-refractivity contribution in [3.05, 3.63) is 17.7 Å². The van der Waals surface area contributed by atoms with E-state index >= 15 is 0 Å². The third kappa shape index (κ3) is 3.99. The van der Waals surface area contributed by atoms with Gasteiger partial charge in [-0.2, -0.15) is 0 Å². The Morgan fingerprint density at radius 1 is 1.46 bits per heavy atom. The molecule has 1 aromatic rings. The number of likely N-dealkylation sites (N-methyl/N-ethyl adjacent to an activating group) is 1. The second-order valence-corrected chi connectivity index (χ2v) is 7.98. The molecule has 24 heavy (non-hydrogen) atoms. The summed E-state index contributed by atoms with van der Waals surface area (Å²) in [5, 5.41) is 2.88. The number of rotatable bonds is 6. The number of nitrogens with one attached hydrogen (secondary N) is 1. The Labute approximate surface area is 143 Å². The molecule has 1 aromatic carbocycles. The first-order valence-electron chi connectivity index (χ1n) is 7.97. The van der Waals surface area contributed by atoms with Crippen molar-refractivity contribution < 1.29 is 17.9 Å². The number of nitrogens with zero attached hydrogens (tertiary/aromatic N) is 1. The second-order valence-electron chi connectivity index (χ2n) is 6.00. The average Bonchev–Trinajstić information content (AvgIpc) is 2.98. The highest BCUT2D eigenvalue weighted by molar-refractivity contribution is 7.90. The number of ether oxygens (including phenoxy) is 1. The van der Waals surface area contributed by atoms with E-state index in [4.69, 9.17) is 10.5 Å². The van der Waals surface area contributed by atoms with E-state index < -0.39 is 9.84 Å². The molecule has 3 N–H and O–H groups in total. The number of hydrogen-bond acceptors (Lipinski definition) is 6. The molecule has 2 rings (SSSR count). The third-order valence-corrected chi connectivity index (χ3v) is 5.53. The molecule has 0 spiro atoms. The van der Waals surface area contributed by atoms with Crippen molar-refractivity contribution >= 4 is 21.4 Å². The van der Waals surface area contributed by atoms with Crippen LogP contribution in [-0.2, 0) is 9.84 Å². The zero-order valence-corrected chi connectivity index (χ0v) is 15.1. The molecule has 1 aliphatic heterocycles. The highest BCUT2D eigenvalue weighted by atomic mass is 32.2. The number of carbonyl (C=O) groups is 1. The highest BCUT2D eigenvalue weighted by Gasteiger charge is 2.25. The first-order chi connectivity index (χ1) is 11.3. The molecular formula is C16H25N3O4S. The SMILES string of the molecule is CCN1CCCC1CNC(=O)c1cc(S(C)(=O)=O)c(N)cc1OC. The van der Waals surface area contributed by atoms with Gasteiger partial charge in [-0.3, -0.25) is 9.69 Å². The normalized spacial score (nSPS) is 18.5. The van der Waals surface area contributed by atoms with Gasteiger partial charge in [-0.05, 0) is 32.0 Å². The van der Waals surface area contributed by atoms with Crippen LogP contribution in [0.2, 0.25) is 0 Å². The molecule has 1 atom stereocenters. The van der Waals surface area contributed by atoms with Crippen LogP contribution in [0.1, 0.15) is 30.1 Å². The fourth-order valence-electron chi connectivity index (χ4n) is 3.09. The van der Waals surface area contributed by atoms with Gasteiger partial charge in [0.2, 0.25) is 0 Å². The molecule has 7 nitrogen and oxygen atoms in total. The van der Waals surface area contributed by atoms with Crippen LogP contribution in [-0.4, -0.2) is 58.3 Å². The maximum absolute atomic E-state index is 12.5. The largest absolute Gasteiger partial charge is 0.496 e. The van der Waals surface area contributed by atoms with Crippen LogP contribution in [0.3, 0.4) is 0 Å². The van der Waals surface area contributed by atoms with Crippen molar-refractivity contribution in [2.75, 3.05) is 38.7 Å². The summed E-state index contributed by atoms with van der Waals surface area (Å²) in [5.41, 5.74) is 6.01. The van der Waals surface area contributed by atoms with Crippen LogP contribution >= 0.6 is 0 Å². The van der Waals surface area contributed by atoms with E-state index in [1.165, 1.54) is 19.2 Å². The summed E-state index contributed by atoms with van der Waals surface area (Å²) in [4.78, 5) is 14.8. The number of nitrogens with two attached hydrogens (primary N) is 1. The van der Waals surface area contributed by atoms with Crippen molar-refractivity contribution in [2.24, 2.45) is 0 Å². The van der Waals surface area contributed by atoms with E-state index in [-0.39, 0.29) is 27.8 Å². The van der Waals surface area contributed by atoms with Crippen molar-refractivity contribution in [1.82, 2.24) is 10.2 Å². The standard InChI is InChI=1S/C16H25N3O4S/c1-4-19-7-5-6-11(19)10-18-16(20)12-8-15(24(3,21)22)13(17)9-14(12)23-2/h8-9,11H,4-7,10,17H2,1-3H3,(H,18,20). The molecule has 0 radical (unpaired) electrons. The van der Waals surface area contributed by atoms with E-state index in [2.05, 4.69) is 17.1 Å². The lowest BCUT2D eigenvalue weighted by Crippen LogP contribution is -2.40. The monoisotopic (exact) mass is 355 g/mol. The van der Waals surface area contributed by atoms with Crippen LogP contribution in [0.15, 0.2) is 17.0 Å². The van der Waals surface area contributed by atoms with Crippen LogP contribution in [0.4, 0.5) is 5.69 Å². The lowest BCUT2D eigenvalue weighted by molar-refractivity contribution is 0.0938. The van der Waals surface area contributed by atoms with Crippen LogP contribution in [0.25, 0.3) is 0 Å². The Morgan fingerprint density at radius 2 is 2.17 bits per heavy atom. The van der Waals surface area contributed by atoms with Crippen LogP contribution < -0.4 is 15.8 Å². The predicted molar refractivity (Wildman–Crippen MR) is 93.1 cm³/mol. The molecule has 1 heterocycles. The third-order valence-electron chi connectivity index (χ3n) is 4.38. The summed E-state index contributed by atoms with van der Waals surface area (Å²) in [5.74, 6) is -0.101. The first-order valence-corrected chi connectivity index (χ1v) is 9.86. The number of amides is 1. The van der Waals surface area contributed by atoms with Gasteiger partial charge in [-0.25, -0.2) is 8.42 Å². The van der Waals surface area contributed by atoms with Gasteiger partial charge >= 0.3 is 0 Å². The topological polar surface area (TPSA) is 102 Å². The maximum Gasteiger partial charge on any atom is 0.255 e. The summed E-state index contributed by atoms with van der Waals surface area (Å²) >= 11 is 0. The minimum absolute atomic E-state index is 0.0653. The number of carbonyl (C=O) groups excluding carboxylic acids is 1. The molecule has 1 aliphatic rings. The first kappa shape index (κ1) is 18.5. The quantitative estimate of drug-likeness (QED) is 0.735. The van der Waals surface area contributed by atoms with E-state index in [9.17, 15) is 13.2 Å². The summed E-state index contributed by atoms with van der Waals surface area (Å²) in [6.07, 6.45) is 3.23. The highest BCUT2D eigenvalue weighted by Crippen LogP contribution is 2.28. The Morgan fingerprint density at radius 3 is 2.75 bits per heavy atom. The van der Waals surface area contributed by atoms with Gasteiger partial charge in [0, 0.05) is 24.9 Å². The number of hydrogen-bond donors (Lipinski definition) is 2. The number of anilines is 1. The van der Waals surface area contributed by atoms with Gasteiger partial charge in [0.05, 0.1) is 23.3 Å². The van der Waals surface area contributed by atoms with Gasteiger partial charge in [-0.1, -0.05) is 6.92 Å². The maximum atomic E-state index is 12.5. The summed E-state index contributed by atoms with van der Waals surface area (Å²) in [7, 11) is -2.11. The minimum Gasteiger partial charge on any atom is -0.496 e. The van der Waals surface area contributed by atoms with E-state index in [1.54, 1.807) is 0 Å². The summed E-state index contributed by atoms with van der Waals surface area (Å²) in [6.45, 7) is 4.61. The Kier molecular flexibility index (Phi) is 5.71. The second kappa shape index (κ2) is 7.40. The molecule has 0 bridgehead atoms. The predicted octanol–water partition coefficient (Wildman–Crippen LogP) is 0.895. The summed E-state index contributed by atoms with van der Waals surface area (Å²) < 4.78 is 28.8. The molecule has 134 valence electrons. The van der Waals surface area contributed by atoms with E-state index in [0.29, 0.717) is 12.6 Å². The Bertz CT molecular complexity index is 718. The molecule has 0 saturated carbocycles.